The number of amides is 2. The topological polar surface area (TPSA) is 97.6 Å². The van der Waals surface area contributed by atoms with Gasteiger partial charge in [0.05, 0.1) is 18.2 Å². The summed E-state index contributed by atoms with van der Waals surface area (Å²) < 4.78 is 10.3. The predicted molar refractivity (Wildman–Crippen MR) is 91.8 cm³/mol. The molecule has 2 heterocycles. The average molecular weight is 367 g/mol. The summed E-state index contributed by atoms with van der Waals surface area (Å²) in [6, 6.07) is 3.04. The molecule has 134 valence electrons. The summed E-state index contributed by atoms with van der Waals surface area (Å²) in [5.41, 5.74) is 0.258. The number of nitrogens with zero attached hydrogens (tertiary/aromatic N) is 3. The second-order valence-corrected chi connectivity index (χ2v) is 6.12. The molecule has 2 amide bonds. The highest BCUT2D eigenvalue weighted by atomic mass is 35.5. The van der Waals surface area contributed by atoms with Crippen LogP contribution in [0.25, 0.3) is 0 Å². The average Bonchev–Trinajstić information content (AvgIpc) is 2.92. The number of likely N-dealkylation sites (N-methyl/N-ethyl adjacent to an activating group) is 1. The molecule has 2 rings (SSSR count). The Morgan fingerprint density at radius 2 is 2.12 bits per heavy atom. The van der Waals surface area contributed by atoms with Crippen molar-refractivity contribution in [3.05, 3.63) is 34.7 Å². The van der Waals surface area contributed by atoms with E-state index >= 15 is 0 Å². The second-order valence-electron chi connectivity index (χ2n) is 5.71. The Hall–Kier alpha value is -2.61. The van der Waals surface area contributed by atoms with Gasteiger partial charge in [-0.05, 0) is 26.8 Å². The summed E-state index contributed by atoms with van der Waals surface area (Å²) >= 11 is 6.08. The van der Waals surface area contributed by atoms with E-state index in [2.05, 4.69) is 15.5 Å². The van der Waals surface area contributed by atoms with E-state index in [0.29, 0.717) is 11.6 Å². The Morgan fingerprint density at radius 1 is 1.40 bits per heavy atom. The summed E-state index contributed by atoms with van der Waals surface area (Å²) in [6.45, 7) is 5.24. The normalized spacial score (nSPS) is 10.6. The van der Waals surface area contributed by atoms with Crippen LogP contribution < -0.4 is 10.1 Å². The SMILES string of the molecule is Cc1cc(NC(=O)CN(C)C(=O)c2cnc(OC(C)C)c(Cl)c2)no1. The summed E-state index contributed by atoms with van der Waals surface area (Å²) in [5.74, 6) is 0.336. The molecule has 9 heteroatoms. The molecule has 2 aromatic heterocycles. The molecule has 25 heavy (non-hydrogen) atoms. The molecule has 0 saturated carbocycles. The van der Waals surface area contributed by atoms with E-state index in [1.165, 1.54) is 24.2 Å². The first-order valence-corrected chi connectivity index (χ1v) is 7.95. The van der Waals surface area contributed by atoms with Gasteiger partial charge in [0.25, 0.3) is 5.91 Å². The van der Waals surface area contributed by atoms with Gasteiger partial charge in [-0.2, -0.15) is 0 Å². The van der Waals surface area contributed by atoms with Crippen LogP contribution in [0.1, 0.15) is 30.0 Å². The summed E-state index contributed by atoms with van der Waals surface area (Å²) in [7, 11) is 1.50. The molecule has 2 aromatic rings. The third-order valence-electron chi connectivity index (χ3n) is 3.02. The van der Waals surface area contributed by atoms with E-state index in [1.54, 1.807) is 13.0 Å². The van der Waals surface area contributed by atoms with E-state index in [1.807, 2.05) is 13.8 Å². The lowest BCUT2D eigenvalue weighted by atomic mass is 10.2. The highest BCUT2D eigenvalue weighted by Crippen LogP contribution is 2.23. The maximum atomic E-state index is 12.4. The molecule has 0 saturated heterocycles. The zero-order valence-corrected chi connectivity index (χ0v) is 15.1. The Bertz CT molecular complexity index is 775. The van der Waals surface area contributed by atoms with Gasteiger partial charge in [-0.25, -0.2) is 4.98 Å². The van der Waals surface area contributed by atoms with Gasteiger partial charge < -0.3 is 19.5 Å². The number of anilines is 1. The molecule has 0 aliphatic carbocycles. The van der Waals surface area contributed by atoms with Gasteiger partial charge in [-0.15, -0.1) is 0 Å². The first kappa shape index (κ1) is 18.7. The fourth-order valence-electron chi connectivity index (χ4n) is 1.97. The summed E-state index contributed by atoms with van der Waals surface area (Å²) in [4.78, 5) is 29.7. The molecule has 0 aliphatic rings. The summed E-state index contributed by atoms with van der Waals surface area (Å²) in [6.07, 6.45) is 1.28. The molecule has 0 aliphatic heterocycles. The lowest BCUT2D eigenvalue weighted by Gasteiger charge is -2.17. The number of nitrogens with one attached hydrogen (secondary N) is 1. The molecule has 0 radical (unpaired) electrons. The maximum Gasteiger partial charge on any atom is 0.255 e. The van der Waals surface area contributed by atoms with E-state index in [-0.39, 0.29) is 29.1 Å². The minimum atomic E-state index is -0.400. The number of hydrogen-bond donors (Lipinski definition) is 1. The van der Waals surface area contributed by atoms with Crippen molar-refractivity contribution in [1.82, 2.24) is 15.0 Å². The molecular weight excluding hydrogens is 348 g/mol. The molecule has 0 aromatic carbocycles. The van der Waals surface area contributed by atoms with Crippen LogP contribution in [0.2, 0.25) is 5.02 Å². The van der Waals surface area contributed by atoms with Crippen LogP contribution in [-0.4, -0.2) is 46.6 Å². The van der Waals surface area contributed by atoms with Gasteiger partial charge in [0.1, 0.15) is 10.8 Å². The van der Waals surface area contributed by atoms with E-state index in [9.17, 15) is 9.59 Å². The molecular formula is C16H19ClN4O4. The highest BCUT2D eigenvalue weighted by molar-refractivity contribution is 6.32. The first-order valence-electron chi connectivity index (χ1n) is 7.57. The first-order chi connectivity index (χ1) is 11.8. The molecule has 0 unspecified atom stereocenters. The van der Waals surface area contributed by atoms with Crippen molar-refractivity contribution in [1.29, 1.82) is 0 Å². The Labute approximate surface area is 150 Å². The smallest absolute Gasteiger partial charge is 0.255 e. The van der Waals surface area contributed by atoms with Crippen molar-refractivity contribution in [2.45, 2.75) is 26.9 Å². The lowest BCUT2D eigenvalue weighted by molar-refractivity contribution is -0.116. The van der Waals surface area contributed by atoms with Crippen molar-refractivity contribution in [2.75, 3.05) is 18.9 Å². The monoisotopic (exact) mass is 366 g/mol. The maximum absolute atomic E-state index is 12.4. The number of halogens is 1. The van der Waals surface area contributed by atoms with Crippen molar-refractivity contribution < 1.29 is 18.8 Å². The number of carbonyl (C=O) groups excluding carboxylic acids is 2. The molecule has 8 nitrogen and oxygen atoms in total. The third-order valence-corrected chi connectivity index (χ3v) is 3.30. The number of hydrogen-bond acceptors (Lipinski definition) is 6. The molecule has 0 bridgehead atoms. The molecule has 0 fully saturated rings. The summed E-state index contributed by atoms with van der Waals surface area (Å²) in [5, 5.41) is 6.43. The van der Waals surface area contributed by atoms with E-state index < -0.39 is 11.8 Å². The lowest BCUT2D eigenvalue weighted by Crippen LogP contribution is -2.35. The van der Waals surface area contributed by atoms with Crippen LogP contribution in [0.15, 0.2) is 22.9 Å². The quantitative estimate of drug-likeness (QED) is 0.843. The Morgan fingerprint density at radius 3 is 2.68 bits per heavy atom. The van der Waals surface area contributed by atoms with E-state index in [0.717, 1.165) is 0 Å². The zero-order chi connectivity index (χ0) is 18.6. The van der Waals surface area contributed by atoms with Gasteiger partial charge in [-0.3, -0.25) is 9.59 Å². The second kappa shape index (κ2) is 7.98. The highest BCUT2D eigenvalue weighted by Gasteiger charge is 2.18. The minimum Gasteiger partial charge on any atom is -0.474 e. The number of ether oxygens (including phenoxy) is 1. The van der Waals surface area contributed by atoms with Crippen molar-refractivity contribution in [2.24, 2.45) is 0 Å². The van der Waals surface area contributed by atoms with Gasteiger partial charge in [0.2, 0.25) is 11.8 Å². The standard InChI is InChI=1S/C16H19ClN4O4/c1-9(2)24-15-12(17)6-11(7-18-15)16(23)21(4)8-14(22)19-13-5-10(3)25-20-13/h5-7,9H,8H2,1-4H3,(H,19,20,22). The largest absolute Gasteiger partial charge is 0.474 e. The number of aryl methyl sites for hydroxylation is 1. The number of pyridine rings is 1. The van der Waals surface area contributed by atoms with Crippen LogP contribution in [-0.2, 0) is 4.79 Å². The Kier molecular flexibility index (Phi) is 5.97. The van der Waals surface area contributed by atoms with Crippen molar-refractivity contribution in [3.8, 4) is 5.88 Å². The number of aromatic nitrogens is 2. The van der Waals surface area contributed by atoms with E-state index in [4.69, 9.17) is 20.9 Å². The minimum absolute atomic E-state index is 0.0851. The molecule has 0 spiro atoms. The van der Waals surface area contributed by atoms with Gasteiger partial charge in [-0.1, -0.05) is 16.8 Å². The van der Waals surface area contributed by atoms with Crippen LogP contribution >= 0.6 is 11.6 Å². The Balaban J connectivity index is 1.99. The number of carbonyl (C=O) groups is 2. The van der Waals surface area contributed by atoms with Crippen LogP contribution in [0.3, 0.4) is 0 Å². The van der Waals surface area contributed by atoms with Crippen LogP contribution in [0.5, 0.6) is 5.88 Å². The van der Waals surface area contributed by atoms with Crippen molar-refractivity contribution in [3.63, 3.8) is 0 Å². The fourth-order valence-corrected chi connectivity index (χ4v) is 2.18. The van der Waals surface area contributed by atoms with Crippen LogP contribution in [0, 0.1) is 6.92 Å². The number of rotatable bonds is 6. The van der Waals surface area contributed by atoms with Gasteiger partial charge in [0, 0.05) is 19.3 Å². The van der Waals surface area contributed by atoms with Crippen LogP contribution in [0.4, 0.5) is 5.82 Å². The zero-order valence-electron chi connectivity index (χ0n) is 14.4. The fraction of sp³-hybridized carbons (Fsp3) is 0.375. The third kappa shape index (κ3) is 5.18. The van der Waals surface area contributed by atoms with Crippen molar-refractivity contribution >= 4 is 29.2 Å². The predicted octanol–water partition coefficient (Wildman–Crippen LogP) is 2.53. The van der Waals surface area contributed by atoms with Gasteiger partial charge >= 0.3 is 0 Å². The molecule has 0 atom stereocenters. The van der Waals surface area contributed by atoms with Gasteiger partial charge in [0.15, 0.2) is 5.82 Å². The molecule has 1 N–H and O–H groups in total.